The third-order valence-electron chi connectivity index (χ3n) is 5.72. The third-order valence-corrected chi connectivity index (χ3v) is 5.92. The first-order chi connectivity index (χ1) is 15.4. The Hall–Kier alpha value is -2.93. The number of hydrogen-bond donors (Lipinski definition) is 2. The number of rotatable bonds is 6. The summed E-state index contributed by atoms with van der Waals surface area (Å²) in [5.41, 5.74) is 1.85. The number of nitrogens with one attached hydrogen (secondary N) is 2. The molecule has 3 rings (SSSR count). The average molecular weight is 454 g/mol. The summed E-state index contributed by atoms with van der Waals surface area (Å²) in [6.07, 6.45) is 3.13. The van der Waals surface area contributed by atoms with E-state index in [0.717, 1.165) is 38.1 Å². The van der Waals surface area contributed by atoms with Crippen LogP contribution in [0.3, 0.4) is 0 Å². The van der Waals surface area contributed by atoms with Gasteiger partial charge in [0.2, 0.25) is 0 Å². The van der Waals surface area contributed by atoms with Crippen molar-refractivity contribution in [3.63, 3.8) is 0 Å². The minimum absolute atomic E-state index is 0.0556. The zero-order valence-electron chi connectivity index (χ0n) is 18.9. The van der Waals surface area contributed by atoms with E-state index in [1.54, 1.807) is 48.5 Å². The molecule has 1 aliphatic heterocycles. The molecule has 0 radical (unpaired) electrons. The smallest absolute Gasteiger partial charge is 0.257 e. The Morgan fingerprint density at radius 2 is 1.66 bits per heavy atom. The number of carbonyl (C=O) groups excluding carboxylic acids is 2. The van der Waals surface area contributed by atoms with E-state index in [9.17, 15) is 9.59 Å². The largest absolute Gasteiger partial charge is 0.491 e. The van der Waals surface area contributed by atoms with E-state index in [2.05, 4.69) is 24.5 Å². The predicted molar refractivity (Wildman–Crippen MR) is 131 cm³/mol. The summed E-state index contributed by atoms with van der Waals surface area (Å²) in [5, 5.41) is 5.86. The first kappa shape index (κ1) is 23.7. The van der Waals surface area contributed by atoms with E-state index in [0.29, 0.717) is 22.7 Å². The second kappa shape index (κ2) is 11.1. The molecule has 1 unspecified atom stereocenters. The topological polar surface area (TPSA) is 70.7 Å². The van der Waals surface area contributed by atoms with Gasteiger partial charge in [0, 0.05) is 29.9 Å². The molecule has 1 heterocycles. The molecule has 2 aromatic rings. The maximum Gasteiger partial charge on any atom is 0.257 e. The lowest BCUT2D eigenvalue weighted by Gasteiger charge is -2.30. The molecule has 0 bridgehead atoms. The summed E-state index contributed by atoms with van der Waals surface area (Å²) in [4.78, 5) is 27.0. The fourth-order valence-corrected chi connectivity index (χ4v) is 3.64. The molecular formula is C25H31N3O3S. The molecule has 7 heteroatoms. The van der Waals surface area contributed by atoms with Crippen molar-refractivity contribution >= 4 is 34.8 Å². The second-order valence-electron chi connectivity index (χ2n) is 8.32. The predicted octanol–water partition coefficient (Wildman–Crippen LogP) is 4.86. The summed E-state index contributed by atoms with van der Waals surface area (Å²) in [6, 6.07) is 14.1. The van der Waals surface area contributed by atoms with Crippen LogP contribution in [0.1, 0.15) is 60.7 Å². The number of ether oxygens (including phenoxy) is 1. The Labute approximate surface area is 195 Å². The van der Waals surface area contributed by atoms with Crippen LogP contribution in [0.25, 0.3) is 0 Å². The maximum atomic E-state index is 12.7. The van der Waals surface area contributed by atoms with Crippen LogP contribution in [0, 0.1) is 5.92 Å². The quantitative estimate of drug-likeness (QED) is 0.611. The second-order valence-corrected chi connectivity index (χ2v) is 8.73. The molecule has 1 saturated heterocycles. The van der Waals surface area contributed by atoms with Crippen molar-refractivity contribution in [3.05, 3.63) is 59.7 Å². The molecule has 0 spiro atoms. The number of likely N-dealkylation sites (tertiary alicyclic amines) is 1. The zero-order chi connectivity index (χ0) is 23.1. The van der Waals surface area contributed by atoms with Crippen molar-refractivity contribution in [2.75, 3.05) is 18.4 Å². The summed E-state index contributed by atoms with van der Waals surface area (Å²) in [5.74, 6) is 1.16. The minimum atomic E-state index is -0.302. The number of nitrogens with zero attached hydrogens (tertiary/aromatic N) is 1. The standard InChI is InChI=1S/C25H31N3O3S/c1-4-18(3)31-22-11-7-19(8-12-22)23(29)27-25(32)26-21-9-5-20(6-10-21)24(30)28-15-13-17(2)14-16-28/h5-12,17-18H,4,13-16H2,1-3H3,(H2,26,27,29,32). The molecule has 1 atom stereocenters. The molecule has 170 valence electrons. The molecule has 6 nitrogen and oxygen atoms in total. The number of amides is 2. The fraction of sp³-hybridized carbons (Fsp3) is 0.400. The monoisotopic (exact) mass is 453 g/mol. The van der Waals surface area contributed by atoms with Gasteiger partial charge in [-0.3, -0.25) is 14.9 Å². The van der Waals surface area contributed by atoms with Gasteiger partial charge >= 0.3 is 0 Å². The number of anilines is 1. The van der Waals surface area contributed by atoms with Crippen LogP contribution >= 0.6 is 12.2 Å². The van der Waals surface area contributed by atoms with Crippen molar-refractivity contribution in [1.82, 2.24) is 10.2 Å². The Bertz CT molecular complexity index is 936. The van der Waals surface area contributed by atoms with Crippen molar-refractivity contribution in [3.8, 4) is 5.75 Å². The average Bonchev–Trinajstić information content (AvgIpc) is 2.80. The van der Waals surface area contributed by atoms with Crippen LogP contribution in [0.4, 0.5) is 5.69 Å². The minimum Gasteiger partial charge on any atom is -0.491 e. The van der Waals surface area contributed by atoms with Crippen LogP contribution in [0.2, 0.25) is 0 Å². The molecule has 1 aliphatic rings. The molecule has 0 saturated carbocycles. The van der Waals surface area contributed by atoms with Crippen molar-refractivity contribution < 1.29 is 14.3 Å². The fourth-order valence-electron chi connectivity index (χ4n) is 3.43. The molecular weight excluding hydrogens is 422 g/mol. The number of carbonyl (C=O) groups is 2. The highest BCUT2D eigenvalue weighted by atomic mass is 32.1. The van der Waals surface area contributed by atoms with Gasteiger partial charge in [0.15, 0.2) is 5.11 Å². The first-order valence-electron chi connectivity index (χ1n) is 11.1. The van der Waals surface area contributed by atoms with E-state index in [1.807, 2.05) is 11.8 Å². The van der Waals surface area contributed by atoms with Crippen molar-refractivity contribution in [2.24, 2.45) is 5.92 Å². The van der Waals surface area contributed by atoms with E-state index >= 15 is 0 Å². The Kier molecular flexibility index (Phi) is 8.22. The zero-order valence-corrected chi connectivity index (χ0v) is 19.7. The number of benzene rings is 2. The number of piperidine rings is 1. The van der Waals surface area contributed by atoms with Crippen LogP contribution in [0.15, 0.2) is 48.5 Å². The SMILES string of the molecule is CCC(C)Oc1ccc(C(=O)NC(=S)Nc2ccc(C(=O)N3CCC(C)CC3)cc2)cc1. The lowest BCUT2D eigenvalue weighted by molar-refractivity contribution is 0.0697. The summed E-state index contributed by atoms with van der Waals surface area (Å²) in [6.45, 7) is 7.89. The van der Waals surface area contributed by atoms with E-state index in [-0.39, 0.29) is 23.0 Å². The van der Waals surface area contributed by atoms with Crippen LogP contribution in [0.5, 0.6) is 5.75 Å². The highest BCUT2D eigenvalue weighted by molar-refractivity contribution is 7.80. The van der Waals surface area contributed by atoms with Crippen molar-refractivity contribution in [2.45, 2.75) is 46.1 Å². The maximum absolute atomic E-state index is 12.7. The van der Waals surface area contributed by atoms with E-state index < -0.39 is 0 Å². The van der Waals surface area contributed by atoms with Crippen LogP contribution in [-0.4, -0.2) is 41.0 Å². The molecule has 32 heavy (non-hydrogen) atoms. The molecule has 2 aromatic carbocycles. The molecule has 2 N–H and O–H groups in total. The normalized spacial score (nSPS) is 15.0. The highest BCUT2D eigenvalue weighted by Crippen LogP contribution is 2.19. The van der Waals surface area contributed by atoms with Gasteiger partial charge in [-0.05, 0) is 92.9 Å². The summed E-state index contributed by atoms with van der Waals surface area (Å²) < 4.78 is 5.73. The Balaban J connectivity index is 1.51. The Morgan fingerprint density at radius 3 is 2.25 bits per heavy atom. The van der Waals surface area contributed by atoms with Gasteiger partial charge in [-0.15, -0.1) is 0 Å². The summed E-state index contributed by atoms with van der Waals surface area (Å²) >= 11 is 5.27. The van der Waals surface area contributed by atoms with Gasteiger partial charge in [-0.25, -0.2) is 0 Å². The van der Waals surface area contributed by atoms with Gasteiger partial charge in [0.05, 0.1) is 6.10 Å². The van der Waals surface area contributed by atoms with Gasteiger partial charge in [-0.1, -0.05) is 13.8 Å². The summed E-state index contributed by atoms with van der Waals surface area (Å²) in [7, 11) is 0. The molecule has 0 aliphatic carbocycles. The van der Waals surface area contributed by atoms with Gasteiger partial charge in [-0.2, -0.15) is 0 Å². The highest BCUT2D eigenvalue weighted by Gasteiger charge is 2.21. The molecule has 0 aromatic heterocycles. The lowest BCUT2D eigenvalue weighted by Crippen LogP contribution is -2.37. The number of hydrogen-bond acceptors (Lipinski definition) is 4. The molecule has 1 fully saturated rings. The lowest BCUT2D eigenvalue weighted by atomic mass is 9.98. The van der Waals surface area contributed by atoms with Crippen molar-refractivity contribution in [1.29, 1.82) is 0 Å². The number of thiocarbonyl (C=S) groups is 1. The van der Waals surface area contributed by atoms with Gasteiger partial charge < -0.3 is 15.0 Å². The first-order valence-corrected chi connectivity index (χ1v) is 11.5. The van der Waals surface area contributed by atoms with E-state index in [4.69, 9.17) is 17.0 Å². The third kappa shape index (κ3) is 6.53. The van der Waals surface area contributed by atoms with E-state index in [1.165, 1.54) is 0 Å². The van der Waals surface area contributed by atoms with Crippen LogP contribution in [-0.2, 0) is 0 Å². The van der Waals surface area contributed by atoms with Gasteiger partial charge in [0.1, 0.15) is 5.75 Å². The Morgan fingerprint density at radius 1 is 1.06 bits per heavy atom. The van der Waals surface area contributed by atoms with Gasteiger partial charge in [0.25, 0.3) is 11.8 Å². The van der Waals surface area contributed by atoms with Crippen LogP contribution < -0.4 is 15.4 Å². The molecule has 2 amide bonds.